The van der Waals surface area contributed by atoms with E-state index < -0.39 is 0 Å². The first-order valence-corrected chi connectivity index (χ1v) is 3.48. The molecule has 0 saturated heterocycles. The van der Waals surface area contributed by atoms with Crippen LogP contribution in [0.5, 0.6) is 0 Å². The molecule has 0 heterocycles. The first-order chi connectivity index (χ1) is 4.84. The first kappa shape index (κ1) is 7.28. The highest BCUT2D eigenvalue weighted by Gasteiger charge is 2.09. The van der Waals surface area contributed by atoms with E-state index in [4.69, 9.17) is 5.21 Å². The van der Waals surface area contributed by atoms with Crippen molar-refractivity contribution in [1.29, 1.82) is 0 Å². The number of hydrogen-bond acceptors (Lipinski definition) is 2. The van der Waals surface area contributed by atoms with Gasteiger partial charge in [-0.25, -0.2) is 5.48 Å². The van der Waals surface area contributed by atoms with Crippen LogP contribution in [-0.2, 0) is 4.79 Å². The predicted octanol–water partition coefficient (Wildman–Crippen LogP) is 0.992. The predicted molar refractivity (Wildman–Crippen MR) is 36.5 cm³/mol. The molecule has 1 amide bonds. The van der Waals surface area contributed by atoms with Crippen LogP contribution in [0.15, 0.2) is 11.6 Å². The zero-order valence-corrected chi connectivity index (χ0v) is 5.76. The molecule has 0 aromatic heterocycles. The molecule has 0 aromatic carbocycles. The lowest BCUT2D eigenvalue weighted by atomic mass is 9.99. The molecule has 0 fully saturated rings. The Hall–Kier alpha value is -0.830. The van der Waals surface area contributed by atoms with Crippen LogP contribution in [0.1, 0.15) is 25.7 Å². The van der Waals surface area contributed by atoms with E-state index in [2.05, 4.69) is 0 Å². The number of carbonyl (C=O) groups excluding carboxylic acids is 1. The summed E-state index contributed by atoms with van der Waals surface area (Å²) < 4.78 is 0. The standard InChI is InChI=1S/C7H11NO2/c9-7(8-10)6-4-2-1-3-5-6/h4,10H,1-3,5H2,(H,8,9). The van der Waals surface area contributed by atoms with Crippen LogP contribution < -0.4 is 5.48 Å². The molecule has 56 valence electrons. The zero-order valence-electron chi connectivity index (χ0n) is 5.76. The molecule has 0 unspecified atom stereocenters. The second-order valence-corrected chi connectivity index (χ2v) is 2.42. The molecule has 3 heteroatoms. The van der Waals surface area contributed by atoms with Gasteiger partial charge >= 0.3 is 0 Å². The molecule has 0 radical (unpaired) electrons. The van der Waals surface area contributed by atoms with Gasteiger partial charge in [-0.15, -0.1) is 0 Å². The Morgan fingerprint density at radius 2 is 2.40 bits per heavy atom. The molecular formula is C7H11NO2. The Bertz CT molecular complexity index is 163. The van der Waals surface area contributed by atoms with Crippen molar-refractivity contribution in [1.82, 2.24) is 5.48 Å². The van der Waals surface area contributed by atoms with Crippen molar-refractivity contribution in [2.75, 3.05) is 0 Å². The molecule has 0 aliphatic heterocycles. The van der Waals surface area contributed by atoms with Gasteiger partial charge in [-0.05, 0) is 25.7 Å². The summed E-state index contributed by atoms with van der Waals surface area (Å²) in [6, 6.07) is 0. The second kappa shape index (κ2) is 3.37. The van der Waals surface area contributed by atoms with Crippen LogP contribution in [-0.4, -0.2) is 11.1 Å². The van der Waals surface area contributed by atoms with E-state index in [1.54, 1.807) is 5.48 Å². The molecule has 1 aliphatic rings. The van der Waals surface area contributed by atoms with Crippen LogP contribution in [0.25, 0.3) is 0 Å². The fraction of sp³-hybridized carbons (Fsp3) is 0.571. The van der Waals surface area contributed by atoms with Gasteiger partial charge in [-0.1, -0.05) is 6.08 Å². The molecule has 1 rings (SSSR count). The third-order valence-electron chi connectivity index (χ3n) is 1.68. The summed E-state index contributed by atoms with van der Waals surface area (Å²) in [4.78, 5) is 10.7. The van der Waals surface area contributed by atoms with E-state index in [9.17, 15) is 4.79 Å². The second-order valence-electron chi connectivity index (χ2n) is 2.42. The number of amides is 1. The van der Waals surface area contributed by atoms with Gasteiger partial charge in [0.05, 0.1) is 0 Å². The van der Waals surface area contributed by atoms with Crippen LogP contribution >= 0.6 is 0 Å². The number of hydroxylamine groups is 1. The summed E-state index contributed by atoms with van der Waals surface area (Å²) in [5.74, 6) is -0.347. The molecular weight excluding hydrogens is 130 g/mol. The Labute approximate surface area is 59.7 Å². The Balaban J connectivity index is 2.53. The third-order valence-corrected chi connectivity index (χ3v) is 1.68. The van der Waals surface area contributed by atoms with Crippen molar-refractivity contribution >= 4 is 5.91 Å². The molecule has 0 bridgehead atoms. The largest absolute Gasteiger partial charge is 0.288 e. The quantitative estimate of drug-likeness (QED) is 0.422. The lowest BCUT2D eigenvalue weighted by molar-refractivity contribution is -0.125. The lowest BCUT2D eigenvalue weighted by Gasteiger charge is -2.09. The van der Waals surface area contributed by atoms with Gasteiger partial charge in [0, 0.05) is 5.57 Å². The molecule has 0 aromatic rings. The van der Waals surface area contributed by atoms with Gasteiger partial charge < -0.3 is 0 Å². The summed E-state index contributed by atoms with van der Waals surface area (Å²) in [7, 11) is 0. The first-order valence-electron chi connectivity index (χ1n) is 3.48. The van der Waals surface area contributed by atoms with Gasteiger partial charge in [0.15, 0.2) is 0 Å². The van der Waals surface area contributed by atoms with Gasteiger partial charge in [-0.3, -0.25) is 10.0 Å². The summed E-state index contributed by atoms with van der Waals surface area (Å²) in [6.07, 6.45) is 5.85. The minimum Gasteiger partial charge on any atom is -0.288 e. The number of hydrogen-bond donors (Lipinski definition) is 2. The Morgan fingerprint density at radius 3 is 2.90 bits per heavy atom. The van der Waals surface area contributed by atoms with Crippen LogP contribution in [0.3, 0.4) is 0 Å². The van der Waals surface area contributed by atoms with Crippen molar-refractivity contribution in [2.45, 2.75) is 25.7 Å². The fourth-order valence-electron chi connectivity index (χ4n) is 1.12. The highest BCUT2D eigenvalue weighted by atomic mass is 16.5. The Morgan fingerprint density at radius 1 is 1.60 bits per heavy atom. The topological polar surface area (TPSA) is 49.3 Å². The SMILES string of the molecule is O=C(NO)C1=CCCCC1. The van der Waals surface area contributed by atoms with Crippen molar-refractivity contribution < 1.29 is 10.0 Å². The smallest absolute Gasteiger partial charge is 0.270 e. The van der Waals surface area contributed by atoms with Gasteiger partial charge in [0.25, 0.3) is 5.91 Å². The van der Waals surface area contributed by atoms with Crippen LogP contribution in [0.2, 0.25) is 0 Å². The average molecular weight is 141 g/mol. The molecule has 2 N–H and O–H groups in total. The van der Waals surface area contributed by atoms with E-state index >= 15 is 0 Å². The van der Waals surface area contributed by atoms with Crippen LogP contribution in [0, 0.1) is 0 Å². The van der Waals surface area contributed by atoms with E-state index in [0.29, 0.717) is 5.57 Å². The summed E-state index contributed by atoms with van der Waals surface area (Å²) in [5, 5.41) is 8.25. The van der Waals surface area contributed by atoms with Gasteiger partial charge in [0.1, 0.15) is 0 Å². The van der Waals surface area contributed by atoms with Crippen molar-refractivity contribution in [3.8, 4) is 0 Å². The van der Waals surface area contributed by atoms with E-state index in [0.717, 1.165) is 25.7 Å². The number of allylic oxidation sites excluding steroid dienone is 1. The van der Waals surface area contributed by atoms with E-state index in [-0.39, 0.29) is 5.91 Å². The molecule has 0 saturated carbocycles. The lowest BCUT2D eigenvalue weighted by Crippen LogP contribution is -2.21. The molecule has 0 atom stereocenters. The van der Waals surface area contributed by atoms with Gasteiger partial charge in [0.2, 0.25) is 0 Å². The van der Waals surface area contributed by atoms with E-state index in [1.165, 1.54) is 0 Å². The Kier molecular flexibility index (Phi) is 2.45. The summed E-state index contributed by atoms with van der Waals surface area (Å²) in [5.41, 5.74) is 2.34. The highest BCUT2D eigenvalue weighted by Crippen LogP contribution is 2.16. The van der Waals surface area contributed by atoms with Crippen molar-refractivity contribution in [3.63, 3.8) is 0 Å². The van der Waals surface area contributed by atoms with Crippen molar-refractivity contribution in [3.05, 3.63) is 11.6 Å². The fourth-order valence-corrected chi connectivity index (χ4v) is 1.12. The molecule has 10 heavy (non-hydrogen) atoms. The maximum Gasteiger partial charge on any atom is 0.270 e. The normalized spacial score (nSPS) is 17.9. The summed E-state index contributed by atoms with van der Waals surface area (Å²) in [6.45, 7) is 0. The number of carbonyl (C=O) groups is 1. The van der Waals surface area contributed by atoms with E-state index in [1.807, 2.05) is 6.08 Å². The van der Waals surface area contributed by atoms with Crippen LogP contribution in [0.4, 0.5) is 0 Å². The monoisotopic (exact) mass is 141 g/mol. The van der Waals surface area contributed by atoms with Gasteiger partial charge in [-0.2, -0.15) is 0 Å². The number of rotatable bonds is 1. The third kappa shape index (κ3) is 1.57. The minimum absolute atomic E-state index is 0.347. The maximum absolute atomic E-state index is 10.7. The minimum atomic E-state index is -0.347. The maximum atomic E-state index is 10.7. The van der Waals surface area contributed by atoms with Crippen molar-refractivity contribution in [2.24, 2.45) is 0 Å². The average Bonchev–Trinajstić information content (AvgIpc) is 2.05. The molecule has 1 aliphatic carbocycles. The molecule has 0 spiro atoms. The zero-order chi connectivity index (χ0) is 7.40. The molecule has 3 nitrogen and oxygen atoms in total. The number of nitrogens with one attached hydrogen (secondary N) is 1. The highest BCUT2D eigenvalue weighted by molar-refractivity contribution is 5.92. The summed E-state index contributed by atoms with van der Waals surface area (Å²) >= 11 is 0.